The molecular formula is C11H11N5. The molecular weight excluding hydrogens is 202 g/mol. The molecule has 0 unspecified atom stereocenters. The SMILES string of the molecule is Cc1ccn2nc(Nn3cccc3)nc2c1. The summed E-state index contributed by atoms with van der Waals surface area (Å²) in [6.45, 7) is 2.04. The van der Waals surface area contributed by atoms with Crippen molar-refractivity contribution in [3.63, 3.8) is 0 Å². The fourth-order valence-electron chi connectivity index (χ4n) is 1.56. The monoisotopic (exact) mass is 213 g/mol. The van der Waals surface area contributed by atoms with Crippen molar-refractivity contribution in [3.8, 4) is 0 Å². The summed E-state index contributed by atoms with van der Waals surface area (Å²) in [5.74, 6) is 0.585. The van der Waals surface area contributed by atoms with Gasteiger partial charge in [0.25, 0.3) is 5.95 Å². The third-order valence-corrected chi connectivity index (χ3v) is 2.33. The summed E-state index contributed by atoms with van der Waals surface area (Å²) in [6.07, 6.45) is 5.70. The molecule has 0 saturated carbocycles. The highest BCUT2D eigenvalue weighted by Crippen LogP contribution is 2.07. The van der Waals surface area contributed by atoms with E-state index < -0.39 is 0 Å². The number of pyridine rings is 1. The van der Waals surface area contributed by atoms with E-state index in [4.69, 9.17) is 0 Å². The van der Waals surface area contributed by atoms with Gasteiger partial charge in [0.05, 0.1) is 0 Å². The van der Waals surface area contributed by atoms with Crippen molar-refractivity contribution >= 4 is 11.6 Å². The van der Waals surface area contributed by atoms with Gasteiger partial charge in [-0.1, -0.05) is 0 Å². The molecule has 0 amide bonds. The largest absolute Gasteiger partial charge is 0.268 e. The van der Waals surface area contributed by atoms with Gasteiger partial charge >= 0.3 is 0 Å². The highest BCUT2D eigenvalue weighted by molar-refractivity contribution is 5.45. The third-order valence-electron chi connectivity index (χ3n) is 2.33. The summed E-state index contributed by atoms with van der Waals surface area (Å²) in [4.78, 5) is 4.37. The van der Waals surface area contributed by atoms with Gasteiger partial charge in [0.15, 0.2) is 5.65 Å². The van der Waals surface area contributed by atoms with Gasteiger partial charge in [-0.05, 0) is 36.8 Å². The highest BCUT2D eigenvalue weighted by atomic mass is 15.5. The maximum Gasteiger partial charge on any atom is 0.262 e. The van der Waals surface area contributed by atoms with E-state index >= 15 is 0 Å². The Kier molecular flexibility index (Phi) is 1.89. The van der Waals surface area contributed by atoms with E-state index in [1.165, 1.54) is 5.56 Å². The average Bonchev–Trinajstić information content (AvgIpc) is 2.86. The van der Waals surface area contributed by atoms with Crippen LogP contribution in [0.25, 0.3) is 5.65 Å². The Balaban J connectivity index is 1.99. The lowest BCUT2D eigenvalue weighted by molar-refractivity contribution is 0.901. The van der Waals surface area contributed by atoms with Crippen LogP contribution in [0.4, 0.5) is 5.95 Å². The van der Waals surface area contributed by atoms with Crippen LogP contribution in [0.2, 0.25) is 0 Å². The Bertz CT molecular complexity index is 608. The van der Waals surface area contributed by atoms with Crippen LogP contribution in [0.1, 0.15) is 5.56 Å². The predicted octanol–water partition coefficient (Wildman–Crippen LogP) is 1.71. The van der Waals surface area contributed by atoms with E-state index in [1.54, 1.807) is 4.52 Å². The van der Waals surface area contributed by atoms with Crippen LogP contribution in [0.3, 0.4) is 0 Å². The summed E-state index contributed by atoms with van der Waals surface area (Å²) in [7, 11) is 0. The number of nitrogens with zero attached hydrogens (tertiary/aromatic N) is 4. The van der Waals surface area contributed by atoms with Crippen molar-refractivity contribution in [1.82, 2.24) is 19.3 Å². The molecule has 0 aliphatic rings. The minimum atomic E-state index is 0.585. The predicted molar refractivity (Wildman–Crippen MR) is 61.2 cm³/mol. The molecule has 16 heavy (non-hydrogen) atoms. The van der Waals surface area contributed by atoms with Crippen molar-refractivity contribution in [3.05, 3.63) is 48.4 Å². The number of fused-ring (bicyclic) bond motifs is 1. The zero-order valence-electron chi connectivity index (χ0n) is 8.83. The van der Waals surface area contributed by atoms with Crippen molar-refractivity contribution < 1.29 is 0 Å². The van der Waals surface area contributed by atoms with E-state index in [0.29, 0.717) is 5.95 Å². The van der Waals surface area contributed by atoms with Gasteiger partial charge in [-0.3, -0.25) is 10.1 Å². The van der Waals surface area contributed by atoms with Gasteiger partial charge in [0.2, 0.25) is 0 Å². The lowest BCUT2D eigenvalue weighted by Gasteiger charge is -2.00. The van der Waals surface area contributed by atoms with Gasteiger partial charge in [0.1, 0.15) is 0 Å². The van der Waals surface area contributed by atoms with E-state index in [2.05, 4.69) is 15.5 Å². The molecule has 0 aliphatic heterocycles. The summed E-state index contributed by atoms with van der Waals surface area (Å²) in [5, 5.41) is 4.30. The smallest absolute Gasteiger partial charge is 0.262 e. The number of aryl methyl sites for hydroxylation is 1. The molecule has 5 nitrogen and oxygen atoms in total. The molecule has 0 spiro atoms. The quantitative estimate of drug-likeness (QED) is 0.705. The first-order valence-corrected chi connectivity index (χ1v) is 5.04. The van der Waals surface area contributed by atoms with Crippen LogP contribution in [0, 0.1) is 6.92 Å². The molecule has 0 fully saturated rings. The fourth-order valence-corrected chi connectivity index (χ4v) is 1.56. The molecule has 0 bridgehead atoms. The lowest BCUT2D eigenvalue weighted by Crippen LogP contribution is -2.07. The molecule has 3 aromatic heterocycles. The highest BCUT2D eigenvalue weighted by Gasteiger charge is 2.02. The molecule has 80 valence electrons. The van der Waals surface area contributed by atoms with Crippen molar-refractivity contribution in [2.75, 3.05) is 5.43 Å². The fraction of sp³-hybridized carbons (Fsp3) is 0.0909. The number of hydrogen-bond donors (Lipinski definition) is 1. The molecule has 0 saturated heterocycles. The summed E-state index contributed by atoms with van der Waals surface area (Å²) >= 11 is 0. The standard InChI is InChI=1S/C11H11N5/c1-9-4-7-16-10(8-9)12-11(14-16)13-15-5-2-3-6-15/h2-8H,1H3,(H,13,14). The number of aromatic nitrogens is 4. The molecule has 5 heteroatoms. The zero-order chi connectivity index (χ0) is 11.0. The zero-order valence-corrected chi connectivity index (χ0v) is 8.83. The summed E-state index contributed by atoms with van der Waals surface area (Å²) < 4.78 is 3.56. The van der Waals surface area contributed by atoms with Gasteiger partial charge < -0.3 is 0 Å². The minimum absolute atomic E-state index is 0.585. The Morgan fingerprint density at radius 3 is 2.81 bits per heavy atom. The van der Waals surface area contributed by atoms with E-state index in [1.807, 2.05) is 54.5 Å². The maximum atomic E-state index is 4.37. The van der Waals surface area contributed by atoms with Crippen molar-refractivity contribution in [2.24, 2.45) is 0 Å². The molecule has 3 aromatic rings. The van der Waals surface area contributed by atoms with Crippen molar-refractivity contribution in [2.45, 2.75) is 6.92 Å². The lowest BCUT2D eigenvalue weighted by atomic mass is 10.3. The van der Waals surface area contributed by atoms with Crippen molar-refractivity contribution in [1.29, 1.82) is 0 Å². The number of hydrogen-bond acceptors (Lipinski definition) is 3. The Morgan fingerprint density at radius 2 is 2.00 bits per heavy atom. The van der Waals surface area contributed by atoms with Crippen LogP contribution in [-0.4, -0.2) is 19.3 Å². The molecule has 0 aromatic carbocycles. The summed E-state index contributed by atoms with van der Waals surface area (Å²) in [6, 6.07) is 7.87. The third kappa shape index (κ3) is 1.52. The second-order valence-electron chi connectivity index (χ2n) is 3.64. The average molecular weight is 213 g/mol. The number of nitrogens with one attached hydrogen (secondary N) is 1. The Labute approximate surface area is 92.3 Å². The molecule has 1 N–H and O–H groups in total. The first-order chi connectivity index (χ1) is 7.81. The Hall–Kier alpha value is -2.30. The molecule has 0 radical (unpaired) electrons. The van der Waals surface area contributed by atoms with Gasteiger partial charge in [0, 0.05) is 18.6 Å². The molecule has 0 atom stereocenters. The summed E-state index contributed by atoms with van der Waals surface area (Å²) in [5.41, 5.74) is 5.08. The van der Waals surface area contributed by atoms with Gasteiger partial charge in [-0.25, -0.2) is 4.52 Å². The molecule has 3 heterocycles. The molecule has 3 rings (SSSR count). The van der Waals surface area contributed by atoms with E-state index in [-0.39, 0.29) is 0 Å². The second-order valence-corrected chi connectivity index (χ2v) is 3.64. The van der Waals surface area contributed by atoms with Crippen LogP contribution >= 0.6 is 0 Å². The topological polar surface area (TPSA) is 47.1 Å². The minimum Gasteiger partial charge on any atom is -0.268 e. The van der Waals surface area contributed by atoms with Crippen LogP contribution in [-0.2, 0) is 0 Å². The first kappa shape index (κ1) is 8.96. The molecule has 0 aliphatic carbocycles. The Morgan fingerprint density at radius 1 is 1.19 bits per heavy atom. The van der Waals surface area contributed by atoms with E-state index in [0.717, 1.165) is 5.65 Å². The normalized spacial score (nSPS) is 10.8. The van der Waals surface area contributed by atoms with Gasteiger partial charge in [-0.2, -0.15) is 4.98 Å². The van der Waals surface area contributed by atoms with Crippen LogP contribution in [0.15, 0.2) is 42.9 Å². The van der Waals surface area contributed by atoms with Crippen LogP contribution in [0.5, 0.6) is 0 Å². The van der Waals surface area contributed by atoms with Gasteiger partial charge in [-0.15, -0.1) is 5.10 Å². The second kappa shape index (κ2) is 3.37. The maximum absolute atomic E-state index is 4.37. The number of anilines is 1. The first-order valence-electron chi connectivity index (χ1n) is 5.04. The number of rotatable bonds is 2. The van der Waals surface area contributed by atoms with E-state index in [9.17, 15) is 0 Å². The van der Waals surface area contributed by atoms with Crippen LogP contribution < -0.4 is 5.43 Å².